The van der Waals surface area contributed by atoms with Crippen molar-refractivity contribution in [2.45, 2.75) is 20.8 Å². The van der Waals surface area contributed by atoms with Gasteiger partial charge in [-0.25, -0.2) is 4.90 Å². The number of imide groups is 1. The molecule has 7 nitrogen and oxygen atoms in total. The highest BCUT2D eigenvalue weighted by Gasteiger charge is 2.40. The Morgan fingerprint density at radius 2 is 1.59 bits per heavy atom. The molecule has 7 heteroatoms. The van der Waals surface area contributed by atoms with Crippen LogP contribution in [-0.4, -0.2) is 17.7 Å². The maximum absolute atomic E-state index is 13.6. The van der Waals surface area contributed by atoms with E-state index in [1.165, 1.54) is 6.92 Å². The molecular weight excluding hydrogens is 428 g/mol. The summed E-state index contributed by atoms with van der Waals surface area (Å²) >= 11 is 0. The molecule has 3 aromatic rings. The Balaban J connectivity index is 1.80. The summed E-state index contributed by atoms with van der Waals surface area (Å²) in [4.78, 5) is 39.5. The zero-order valence-electron chi connectivity index (χ0n) is 19.0. The third-order valence-electron chi connectivity index (χ3n) is 5.49. The van der Waals surface area contributed by atoms with Crippen molar-refractivity contribution in [2.24, 2.45) is 0 Å². The van der Waals surface area contributed by atoms with Crippen molar-refractivity contribution in [1.29, 1.82) is 5.26 Å². The zero-order valence-corrected chi connectivity index (χ0v) is 19.0. The van der Waals surface area contributed by atoms with Gasteiger partial charge in [0.2, 0.25) is 5.91 Å². The standard InChI is InChI=1S/C27H22N4O3/c1-16-4-5-17(2)23(14-16)30-25-24(20-8-10-21(11-9-20)29-18(3)32)26(33)31(27(25)34)22-12-6-19(15-28)7-13-22/h4-14,30H,1-3H3,(H,29,32). The molecule has 0 radical (unpaired) electrons. The third kappa shape index (κ3) is 4.30. The first-order chi connectivity index (χ1) is 16.3. The van der Waals surface area contributed by atoms with E-state index in [0.29, 0.717) is 22.5 Å². The van der Waals surface area contributed by atoms with Gasteiger partial charge < -0.3 is 10.6 Å². The Kier molecular flexibility index (Phi) is 5.98. The second-order valence-electron chi connectivity index (χ2n) is 8.06. The molecule has 0 aliphatic carbocycles. The van der Waals surface area contributed by atoms with Crippen LogP contribution in [0.3, 0.4) is 0 Å². The molecule has 3 amide bonds. The van der Waals surface area contributed by atoms with Gasteiger partial charge in [-0.1, -0.05) is 24.3 Å². The molecule has 0 atom stereocenters. The Labute approximate surface area is 197 Å². The molecule has 34 heavy (non-hydrogen) atoms. The van der Waals surface area contributed by atoms with Crippen LogP contribution < -0.4 is 15.5 Å². The molecule has 0 unspecified atom stereocenters. The molecule has 0 saturated carbocycles. The molecule has 1 heterocycles. The second-order valence-corrected chi connectivity index (χ2v) is 8.06. The van der Waals surface area contributed by atoms with E-state index in [2.05, 4.69) is 10.6 Å². The Hall–Kier alpha value is -4.70. The molecule has 1 aliphatic heterocycles. The van der Waals surface area contributed by atoms with E-state index in [4.69, 9.17) is 5.26 Å². The summed E-state index contributed by atoms with van der Waals surface area (Å²) in [5.74, 6) is -1.17. The molecule has 0 aromatic heterocycles. The van der Waals surface area contributed by atoms with Crippen LogP contribution in [0, 0.1) is 25.2 Å². The Morgan fingerprint density at radius 1 is 0.912 bits per heavy atom. The average Bonchev–Trinajstić information content (AvgIpc) is 3.06. The van der Waals surface area contributed by atoms with Crippen LogP contribution in [-0.2, 0) is 14.4 Å². The van der Waals surface area contributed by atoms with Gasteiger partial charge >= 0.3 is 0 Å². The molecule has 0 saturated heterocycles. The van der Waals surface area contributed by atoms with Gasteiger partial charge in [-0.05, 0) is 73.0 Å². The minimum Gasteiger partial charge on any atom is -0.350 e. The van der Waals surface area contributed by atoms with Crippen LogP contribution in [0.4, 0.5) is 17.1 Å². The van der Waals surface area contributed by atoms with Gasteiger partial charge in [0.15, 0.2) is 0 Å². The van der Waals surface area contributed by atoms with E-state index in [9.17, 15) is 14.4 Å². The lowest BCUT2D eigenvalue weighted by atomic mass is 10.0. The summed E-state index contributed by atoms with van der Waals surface area (Å²) in [6.07, 6.45) is 0. The van der Waals surface area contributed by atoms with Crippen molar-refractivity contribution < 1.29 is 14.4 Å². The van der Waals surface area contributed by atoms with Gasteiger partial charge in [-0.3, -0.25) is 14.4 Å². The highest BCUT2D eigenvalue weighted by Crippen LogP contribution is 2.35. The van der Waals surface area contributed by atoms with E-state index in [0.717, 1.165) is 21.7 Å². The summed E-state index contributed by atoms with van der Waals surface area (Å²) < 4.78 is 0. The number of aryl methyl sites for hydroxylation is 2. The zero-order chi connectivity index (χ0) is 24.4. The number of amides is 3. The van der Waals surface area contributed by atoms with Gasteiger partial charge in [0.1, 0.15) is 5.70 Å². The minimum absolute atomic E-state index is 0.162. The van der Waals surface area contributed by atoms with Crippen molar-refractivity contribution in [3.05, 3.63) is 94.7 Å². The van der Waals surface area contributed by atoms with Crippen molar-refractivity contribution in [3.8, 4) is 6.07 Å². The molecular formula is C27H22N4O3. The highest BCUT2D eigenvalue weighted by molar-refractivity contribution is 6.46. The minimum atomic E-state index is -0.489. The van der Waals surface area contributed by atoms with Crippen LogP contribution >= 0.6 is 0 Å². The van der Waals surface area contributed by atoms with Gasteiger partial charge in [-0.2, -0.15) is 5.26 Å². The molecule has 1 aliphatic rings. The lowest BCUT2D eigenvalue weighted by molar-refractivity contribution is -0.120. The lowest BCUT2D eigenvalue weighted by Crippen LogP contribution is -2.32. The fourth-order valence-corrected chi connectivity index (χ4v) is 3.76. The van der Waals surface area contributed by atoms with E-state index < -0.39 is 11.8 Å². The van der Waals surface area contributed by atoms with Crippen molar-refractivity contribution in [2.75, 3.05) is 15.5 Å². The molecule has 2 N–H and O–H groups in total. The van der Waals surface area contributed by atoms with E-state index >= 15 is 0 Å². The van der Waals surface area contributed by atoms with Crippen molar-refractivity contribution in [1.82, 2.24) is 0 Å². The summed E-state index contributed by atoms with van der Waals surface area (Å²) in [6.45, 7) is 5.28. The van der Waals surface area contributed by atoms with Gasteiger partial charge in [0.25, 0.3) is 11.8 Å². The molecule has 168 valence electrons. The number of nitriles is 1. The first-order valence-electron chi connectivity index (χ1n) is 10.6. The number of rotatable bonds is 5. The number of nitrogens with zero attached hydrogens (tertiary/aromatic N) is 2. The Morgan fingerprint density at radius 3 is 2.21 bits per heavy atom. The second kappa shape index (κ2) is 9.04. The van der Waals surface area contributed by atoms with Crippen molar-refractivity contribution in [3.63, 3.8) is 0 Å². The van der Waals surface area contributed by atoms with Gasteiger partial charge in [-0.15, -0.1) is 0 Å². The maximum Gasteiger partial charge on any atom is 0.282 e. The summed E-state index contributed by atoms with van der Waals surface area (Å²) in [5, 5.41) is 15.0. The number of benzene rings is 3. The number of anilines is 3. The van der Waals surface area contributed by atoms with Gasteiger partial charge in [0.05, 0.1) is 22.9 Å². The maximum atomic E-state index is 13.6. The monoisotopic (exact) mass is 450 g/mol. The largest absolute Gasteiger partial charge is 0.350 e. The predicted octanol–water partition coefficient (Wildman–Crippen LogP) is 4.53. The number of hydrogen-bond donors (Lipinski definition) is 2. The Bertz CT molecular complexity index is 1380. The van der Waals surface area contributed by atoms with Gasteiger partial charge in [0, 0.05) is 18.3 Å². The third-order valence-corrected chi connectivity index (χ3v) is 5.49. The van der Waals surface area contributed by atoms with E-state index in [1.54, 1.807) is 48.5 Å². The summed E-state index contributed by atoms with van der Waals surface area (Å²) in [6, 6.07) is 20.9. The summed E-state index contributed by atoms with van der Waals surface area (Å²) in [7, 11) is 0. The fourth-order valence-electron chi connectivity index (χ4n) is 3.76. The first kappa shape index (κ1) is 22.5. The van der Waals surface area contributed by atoms with Crippen LogP contribution in [0.5, 0.6) is 0 Å². The average molecular weight is 450 g/mol. The summed E-state index contributed by atoms with van der Waals surface area (Å²) in [5.41, 5.74) is 4.98. The quantitative estimate of drug-likeness (QED) is 0.556. The number of nitrogens with one attached hydrogen (secondary N) is 2. The molecule has 0 bridgehead atoms. The molecule has 4 rings (SSSR count). The topological polar surface area (TPSA) is 102 Å². The number of carbonyl (C=O) groups excluding carboxylic acids is 3. The molecule has 0 spiro atoms. The number of hydrogen-bond acceptors (Lipinski definition) is 5. The van der Waals surface area contributed by atoms with Crippen LogP contribution in [0.1, 0.15) is 29.2 Å². The van der Waals surface area contributed by atoms with Crippen LogP contribution in [0.15, 0.2) is 72.4 Å². The fraction of sp³-hybridized carbons (Fsp3) is 0.111. The van der Waals surface area contributed by atoms with E-state index in [1.807, 2.05) is 38.1 Å². The molecule has 3 aromatic carbocycles. The highest BCUT2D eigenvalue weighted by atomic mass is 16.2. The molecule has 0 fully saturated rings. The van der Waals surface area contributed by atoms with Crippen LogP contribution in [0.25, 0.3) is 5.57 Å². The normalized spacial score (nSPS) is 13.2. The van der Waals surface area contributed by atoms with Crippen molar-refractivity contribution >= 4 is 40.4 Å². The SMILES string of the molecule is CC(=O)Nc1ccc(C2=C(Nc3cc(C)ccc3C)C(=O)N(c3ccc(C#N)cc3)C2=O)cc1. The smallest absolute Gasteiger partial charge is 0.282 e. The van der Waals surface area contributed by atoms with Crippen LogP contribution in [0.2, 0.25) is 0 Å². The predicted molar refractivity (Wildman–Crippen MR) is 131 cm³/mol. The number of carbonyl (C=O) groups is 3. The first-order valence-corrected chi connectivity index (χ1v) is 10.6. The van der Waals surface area contributed by atoms with E-state index in [-0.39, 0.29) is 17.2 Å². The lowest BCUT2D eigenvalue weighted by Gasteiger charge is -2.16.